The Morgan fingerprint density at radius 1 is 1.12 bits per heavy atom. The Morgan fingerprint density at radius 3 is 2.52 bits per heavy atom. The van der Waals surface area contributed by atoms with Crippen molar-refractivity contribution in [1.29, 1.82) is 5.26 Å². The highest BCUT2D eigenvalue weighted by Gasteiger charge is 2.30. The van der Waals surface area contributed by atoms with Crippen molar-refractivity contribution >= 4 is 21.6 Å². The van der Waals surface area contributed by atoms with Crippen LogP contribution < -0.4 is 16.1 Å². The lowest BCUT2D eigenvalue weighted by molar-refractivity contribution is -0.119. The van der Waals surface area contributed by atoms with Crippen LogP contribution in [-0.4, -0.2) is 47.4 Å². The van der Waals surface area contributed by atoms with Crippen LogP contribution in [0.25, 0.3) is 0 Å². The number of nitrogens with zero attached hydrogens (tertiary/aromatic N) is 5. The van der Waals surface area contributed by atoms with Gasteiger partial charge in [-0.2, -0.15) is 9.57 Å². The fraction of sp³-hybridized carbons (Fsp3) is 0.455. The van der Waals surface area contributed by atoms with Crippen LogP contribution in [0.5, 0.6) is 0 Å². The summed E-state index contributed by atoms with van der Waals surface area (Å²) in [4.78, 5) is 39.7. The van der Waals surface area contributed by atoms with Gasteiger partial charge in [0.25, 0.3) is 5.56 Å². The van der Waals surface area contributed by atoms with Crippen LogP contribution in [0.3, 0.4) is 0 Å². The molecule has 1 fully saturated rings. The molecule has 1 saturated heterocycles. The molecule has 174 valence electrons. The fourth-order valence-corrected chi connectivity index (χ4v) is 5.94. The van der Waals surface area contributed by atoms with Crippen molar-refractivity contribution in [2.75, 3.05) is 24.5 Å². The summed E-state index contributed by atoms with van der Waals surface area (Å²) in [7, 11) is -3.59. The number of sulfonamides is 1. The highest BCUT2D eigenvalue weighted by atomic mass is 32.2. The Labute approximate surface area is 191 Å². The number of aryl methyl sites for hydroxylation is 1. The molecule has 0 bridgehead atoms. The first-order valence-electron chi connectivity index (χ1n) is 11.0. The first kappa shape index (κ1) is 22.9. The Bertz CT molecular complexity index is 1360. The highest BCUT2D eigenvalue weighted by molar-refractivity contribution is 7.89. The van der Waals surface area contributed by atoms with E-state index in [4.69, 9.17) is 0 Å². The zero-order valence-electron chi connectivity index (χ0n) is 18.4. The van der Waals surface area contributed by atoms with Crippen LogP contribution in [0, 0.1) is 11.3 Å². The third kappa shape index (κ3) is 4.12. The van der Waals surface area contributed by atoms with E-state index in [0.717, 1.165) is 29.4 Å². The standard InChI is InChI=1S/C22H25N5O5S/c1-2-24-14-17(13-23)21(29)27(22(24)30)15-20(28)26-11-8-16-12-18(6-7-19(16)26)33(31,32)25-9-4-3-5-10-25/h6-7,12,14H,2-5,8-11,15H2,1H3. The molecule has 0 spiro atoms. The minimum absolute atomic E-state index is 0.209. The average molecular weight is 472 g/mol. The number of benzene rings is 1. The predicted octanol–water partition coefficient (Wildman–Crippen LogP) is 0.665. The zero-order valence-corrected chi connectivity index (χ0v) is 19.2. The Morgan fingerprint density at radius 2 is 1.85 bits per heavy atom. The maximum atomic E-state index is 13.0. The van der Waals surface area contributed by atoms with Gasteiger partial charge in [-0.1, -0.05) is 6.42 Å². The molecule has 33 heavy (non-hydrogen) atoms. The lowest BCUT2D eigenvalue weighted by Crippen LogP contribution is -2.45. The average Bonchev–Trinajstić information content (AvgIpc) is 3.26. The summed E-state index contributed by atoms with van der Waals surface area (Å²) in [5.74, 6) is -0.475. The third-order valence-electron chi connectivity index (χ3n) is 6.19. The van der Waals surface area contributed by atoms with Crippen molar-refractivity contribution in [2.24, 2.45) is 0 Å². The number of anilines is 1. The van der Waals surface area contributed by atoms with Gasteiger partial charge in [-0.25, -0.2) is 17.8 Å². The van der Waals surface area contributed by atoms with Gasteiger partial charge in [0.15, 0.2) is 0 Å². The molecule has 1 amide bonds. The Balaban J connectivity index is 1.61. The second-order valence-electron chi connectivity index (χ2n) is 8.17. The molecular formula is C22H25N5O5S. The van der Waals surface area contributed by atoms with Crippen molar-refractivity contribution < 1.29 is 13.2 Å². The number of amides is 1. The molecule has 2 aliphatic heterocycles. The van der Waals surface area contributed by atoms with E-state index in [9.17, 15) is 28.1 Å². The summed E-state index contributed by atoms with van der Waals surface area (Å²) < 4.78 is 29.5. The summed E-state index contributed by atoms with van der Waals surface area (Å²) in [5, 5.41) is 9.19. The molecule has 3 heterocycles. The molecule has 1 aromatic carbocycles. The molecule has 0 radical (unpaired) electrons. The quantitative estimate of drug-likeness (QED) is 0.631. The molecule has 0 saturated carbocycles. The maximum Gasteiger partial charge on any atom is 0.331 e. The molecule has 11 heteroatoms. The van der Waals surface area contributed by atoms with E-state index in [1.165, 1.54) is 26.0 Å². The van der Waals surface area contributed by atoms with Crippen LogP contribution in [0.1, 0.15) is 37.3 Å². The van der Waals surface area contributed by atoms with E-state index < -0.39 is 33.7 Å². The van der Waals surface area contributed by atoms with Gasteiger partial charge in [0.2, 0.25) is 15.9 Å². The number of carbonyl (C=O) groups is 1. The van der Waals surface area contributed by atoms with Gasteiger partial charge >= 0.3 is 5.69 Å². The van der Waals surface area contributed by atoms with E-state index in [1.807, 2.05) is 0 Å². The Kier molecular flexibility index (Phi) is 6.23. The molecule has 0 atom stereocenters. The summed E-state index contributed by atoms with van der Waals surface area (Å²) in [6.07, 6.45) is 4.38. The number of nitriles is 1. The Hall–Kier alpha value is -3.23. The molecule has 2 aliphatic rings. The fourth-order valence-electron chi connectivity index (χ4n) is 4.37. The van der Waals surface area contributed by atoms with Crippen LogP contribution >= 0.6 is 0 Å². The first-order chi connectivity index (χ1) is 15.8. The number of hydrogen-bond acceptors (Lipinski definition) is 6. The number of aromatic nitrogens is 2. The lowest BCUT2D eigenvalue weighted by atomic mass is 10.2. The van der Waals surface area contributed by atoms with Gasteiger partial charge in [-0.05, 0) is 49.9 Å². The molecular weight excluding hydrogens is 446 g/mol. The van der Waals surface area contributed by atoms with E-state index >= 15 is 0 Å². The number of carbonyl (C=O) groups excluding carboxylic acids is 1. The van der Waals surface area contributed by atoms with Crippen molar-refractivity contribution in [1.82, 2.24) is 13.4 Å². The smallest absolute Gasteiger partial charge is 0.310 e. The van der Waals surface area contributed by atoms with Gasteiger partial charge in [0.05, 0.1) is 4.90 Å². The van der Waals surface area contributed by atoms with Gasteiger partial charge in [0, 0.05) is 38.1 Å². The van der Waals surface area contributed by atoms with Crippen LogP contribution in [0.2, 0.25) is 0 Å². The second-order valence-corrected chi connectivity index (χ2v) is 10.1. The van der Waals surface area contributed by atoms with E-state index in [0.29, 0.717) is 31.7 Å². The number of rotatable bonds is 5. The highest BCUT2D eigenvalue weighted by Crippen LogP contribution is 2.32. The number of piperidine rings is 1. The van der Waals surface area contributed by atoms with Crippen molar-refractivity contribution in [2.45, 2.75) is 50.6 Å². The first-order valence-corrected chi connectivity index (χ1v) is 12.4. The summed E-state index contributed by atoms with van der Waals surface area (Å²) in [6, 6.07) is 6.48. The molecule has 0 aliphatic carbocycles. The summed E-state index contributed by atoms with van der Waals surface area (Å²) in [6.45, 7) is 2.79. The SMILES string of the molecule is CCn1cc(C#N)c(=O)n(CC(=O)N2CCc3cc(S(=O)(=O)N4CCCCC4)ccc32)c1=O. The van der Waals surface area contributed by atoms with Gasteiger partial charge in [-0.15, -0.1) is 0 Å². The molecule has 0 unspecified atom stereocenters. The molecule has 1 aromatic heterocycles. The van der Waals surface area contributed by atoms with E-state index in [1.54, 1.807) is 25.1 Å². The predicted molar refractivity (Wildman–Crippen MR) is 120 cm³/mol. The van der Waals surface area contributed by atoms with Crippen LogP contribution in [-0.2, 0) is 34.3 Å². The summed E-state index contributed by atoms with van der Waals surface area (Å²) in [5.41, 5.74) is -0.373. The molecule has 2 aromatic rings. The minimum atomic E-state index is -3.59. The second kappa shape index (κ2) is 8.96. The monoisotopic (exact) mass is 471 g/mol. The van der Waals surface area contributed by atoms with E-state index in [-0.39, 0.29) is 17.0 Å². The van der Waals surface area contributed by atoms with Crippen LogP contribution in [0.15, 0.2) is 38.9 Å². The van der Waals surface area contributed by atoms with E-state index in [2.05, 4.69) is 0 Å². The molecule has 4 rings (SSSR count). The van der Waals surface area contributed by atoms with Crippen molar-refractivity contribution in [3.8, 4) is 6.07 Å². The largest absolute Gasteiger partial charge is 0.331 e. The van der Waals surface area contributed by atoms with Crippen molar-refractivity contribution in [3.63, 3.8) is 0 Å². The zero-order chi connectivity index (χ0) is 23.8. The molecule has 0 N–H and O–H groups in total. The number of hydrogen-bond donors (Lipinski definition) is 0. The third-order valence-corrected chi connectivity index (χ3v) is 8.09. The summed E-state index contributed by atoms with van der Waals surface area (Å²) >= 11 is 0. The molecule has 10 nitrogen and oxygen atoms in total. The van der Waals surface area contributed by atoms with Gasteiger partial charge in [0.1, 0.15) is 18.2 Å². The van der Waals surface area contributed by atoms with Crippen molar-refractivity contribution in [3.05, 3.63) is 56.4 Å². The van der Waals surface area contributed by atoms with Gasteiger partial charge in [-0.3, -0.25) is 14.2 Å². The normalized spacial score (nSPS) is 16.4. The topological polar surface area (TPSA) is 125 Å². The minimum Gasteiger partial charge on any atom is -0.310 e. The number of fused-ring (bicyclic) bond motifs is 1. The van der Waals surface area contributed by atoms with Gasteiger partial charge < -0.3 is 4.90 Å². The van der Waals surface area contributed by atoms with Crippen LogP contribution in [0.4, 0.5) is 5.69 Å². The lowest BCUT2D eigenvalue weighted by Gasteiger charge is -2.26. The maximum absolute atomic E-state index is 13.0.